The number of benzene rings is 2. The van der Waals surface area contributed by atoms with Gasteiger partial charge in [-0.2, -0.15) is 13.2 Å². The number of morpholine rings is 1. The monoisotopic (exact) mass is 507 g/mol. The van der Waals surface area contributed by atoms with E-state index in [0.717, 1.165) is 31.3 Å². The SMILES string of the molecule is CCc1ccc(Nc2nc(CN3CCO[C@@H](C)C3)nc3cc(-c4ncccc4C(F)(F)F)ccc23)cc1. The van der Waals surface area contributed by atoms with Crippen molar-refractivity contribution in [3.8, 4) is 11.3 Å². The van der Waals surface area contributed by atoms with Crippen molar-refractivity contribution in [2.24, 2.45) is 0 Å². The topological polar surface area (TPSA) is 63.2 Å². The molecule has 2 aromatic heterocycles. The first-order valence-corrected chi connectivity index (χ1v) is 12.3. The Hall–Kier alpha value is -3.56. The van der Waals surface area contributed by atoms with E-state index < -0.39 is 11.7 Å². The molecule has 2 aromatic carbocycles. The Labute approximate surface area is 213 Å². The molecule has 0 amide bonds. The maximum absolute atomic E-state index is 13.7. The number of hydrogen-bond donors (Lipinski definition) is 1. The molecule has 1 aliphatic rings. The predicted molar refractivity (Wildman–Crippen MR) is 138 cm³/mol. The first-order chi connectivity index (χ1) is 17.8. The predicted octanol–water partition coefficient (Wildman–Crippen LogP) is 6.24. The number of nitrogens with one attached hydrogen (secondary N) is 1. The van der Waals surface area contributed by atoms with Crippen molar-refractivity contribution >= 4 is 22.4 Å². The quantitative estimate of drug-likeness (QED) is 0.334. The fraction of sp³-hybridized carbons (Fsp3) is 0.321. The first kappa shape index (κ1) is 25.1. The van der Waals surface area contributed by atoms with Crippen LogP contribution in [0.5, 0.6) is 0 Å². The lowest BCUT2D eigenvalue weighted by molar-refractivity contribution is -0.137. The van der Waals surface area contributed by atoms with Gasteiger partial charge in [-0.25, -0.2) is 9.97 Å². The number of halogens is 3. The molecule has 0 spiro atoms. The molecule has 37 heavy (non-hydrogen) atoms. The van der Waals surface area contributed by atoms with Gasteiger partial charge in [0.05, 0.1) is 36.0 Å². The zero-order valence-corrected chi connectivity index (χ0v) is 20.7. The molecule has 0 bridgehead atoms. The summed E-state index contributed by atoms with van der Waals surface area (Å²) in [5.41, 5.74) is 2.10. The van der Waals surface area contributed by atoms with Gasteiger partial charge >= 0.3 is 6.18 Å². The third-order valence-electron chi connectivity index (χ3n) is 6.44. The van der Waals surface area contributed by atoms with Crippen molar-refractivity contribution in [3.05, 3.63) is 77.7 Å². The molecule has 3 heterocycles. The highest BCUT2D eigenvalue weighted by molar-refractivity contribution is 5.93. The van der Waals surface area contributed by atoms with Crippen molar-refractivity contribution in [2.75, 3.05) is 25.0 Å². The Bertz CT molecular complexity index is 1390. The molecule has 1 fully saturated rings. The van der Waals surface area contributed by atoms with Gasteiger partial charge < -0.3 is 10.1 Å². The van der Waals surface area contributed by atoms with Gasteiger partial charge in [0.2, 0.25) is 0 Å². The van der Waals surface area contributed by atoms with Crippen LogP contribution in [0.15, 0.2) is 60.8 Å². The van der Waals surface area contributed by atoms with Crippen LogP contribution in [0.25, 0.3) is 22.2 Å². The van der Waals surface area contributed by atoms with Crippen LogP contribution in [0.2, 0.25) is 0 Å². The third kappa shape index (κ3) is 5.73. The van der Waals surface area contributed by atoms with Gasteiger partial charge in [0, 0.05) is 35.9 Å². The summed E-state index contributed by atoms with van der Waals surface area (Å²) in [6.45, 7) is 6.78. The minimum atomic E-state index is -4.51. The second-order valence-electron chi connectivity index (χ2n) is 9.21. The van der Waals surface area contributed by atoms with Crippen LogP contribution in [0.4, 0.5) is 24.7 Å². The number of anilines is 2. The average molecular weight is 508 g/mol. The molecule has 192 valence electrons. The van der Waals surface area contributed by atoms with Crippen molar-refractivity contribution in [1.29, 1.82) is 0 Å². The molecule has 0 radical (unpaired) electrons. The maximum Gasteiger partial charge on any atom is 0.418 e. The molecular formula is C28H28F3N5O. The number of hydrogen-bond acceptors (Lipinski definition) is 6. The molecule has 0 unspecified atom stereocenters. The average Bonchev–Trinajstić information content (AvgIpc) is 2.88. The lowest BCUT2D eigenvalue weighted by atomic mass is 10.0. The molecule has 6 nitrogen and oxygen atoms in total. The molecule has 4 aromatic rings. The Kier molecular flexibility index (Phi) is 7.08. The fourth-order valence-corrected chi connectivity index (χ4v) is 4.55. The third-order valence-corrected chi connectivity index (χ3v) is 6.44. The number of ether oxygens (including phenoxy) is 1. The minimum Gasteiger partial charge on any atom is -0.376 e. The summed E-state index contributed by atoms with van der Waals surface area (Å²) >= 11 is 0. The second-order valence-corrected chi connectivity index (χ2v) is 9.21. The van der Waals surface area contributed by atoms with Gasteiger partial charge in [-0.1, -0.05) is 25.1 Å². The highest BCUT2D eigenvalue weighted by Gasteiger charge is 2.34. The van der Waals surface area contributed by atoms with Crippen LogP contribution < -0.4 is 5.32 Å². The summed E-state index contributed by atoms with van der Waals surface area (Å²) < 4.78 is 46.7. The zero-order chi connectivity index (χ0) is 26.0. The molecular weight excluding hydrogens is 479 g/mol. The van der Waals surface area contributed by atoms with Crippen molar-refractivity contribution < 1.29 is 17.9 Å². The Balaban J connectivity index is 1.57. The van der Waals surface area contributed by atoms with E-state index in [-0.39, 0.29) is 11.8 Å². The summed E-state index contributed by atoms with van der Waals surface area (Å²) in [4.78, 5) is 15.8. The first-order valence-electron chi connectivity index (χ1n) is 12.3. The molecule has 0 aliphatic carbocycles. The summed E-state index contributed by atoms with van der Waals surface area (Å²) in [5, 5.41) is 4.10. The molecule has 9 heteroatoms. The molecule has 1 aliphatic heterocycles. The van der Waals surface area contributed by atoms with E-state index in [2.05, 4.69) is 34.3 Å². The van der Waals surface area contributed by atoms with Crippen molar-refractivity contribution in [1.82, 2.24) is 19.9 Å². The van der Waals surface area contributed by atoms with Crippen LogP contribution in [-0.4, -0.2) is 45.7 Å². The van der Waals surface area contributed by atoms with Gasteiger partial charge in [0.1, 0.15) is 11.6 Å². The van der Waals surface area contributed by atoms with Crippen molar-refractivity contribution in [3.63, 3.8) is 0 Å². The number of aromatic nitrogens is 3. The minimum absolute atomic E-state index is 0.112. The molecule has 5 rings (SSSR count). The number of pyridine rings is 1. The zero-order valence-electron chi connectivity index (χ0n) is 20.7. The highest BCUT2D eigenvalue weighted by atomic mass is 19.4. The number of fused-ring (bicyclic) bond motifs is 1. The summed E-state index contributed by atoms with van der Waals surface area (Å²) in [5.74, 6) is 1.19. The maximum atomic E-state index is 13.7. The largest absolute Gasteiger partial charge is 0.418 e. The van der Waals surface area contributed by atoms with Crippen molar-refractivity contribution in [2.45, 2.75) is 39.1 Å². The Morgan fingerprint density at radius 1 is 1.08 bits per heavy atom. The fourth-order valence-electron chi connectivity index (χ4n) is 4.55. The molecule has 0 saturated carbocycles. The molecule has 1 atom stereocenters. The Morgan fingerprint density at radius 2 is 1.89 bits per heavy atom. The molecule has 1 N–H and O–H groups in total. The van der Waals surface area contributed by atoms with E-state index in [1.165, 1.54) is 17.8 Å². The van der Waals surface area contributed by atoms with Gasteiger partial charge in [-0.05, 0) is 55.3 Å². The lowest BCUT2D eigenvalue weighted by Crippen LogP contribution is -2.40. The normalized spacial score (nSPS) is 16.7. The van der Waals surface area contributed by atoms with Crippen LogP contribution in [-0.2, 0) is 23.9 Å². The molecule has 1 saturated heterocycles. The summed E-state index contributed by atoms with van der Waals surface area (Å²) in [6, 6.07) is 15.5. The van der Waals surface area contributed by atoms with Crippen LogP contribution >= 0.6 is 0 Å². The smallest absolute Gasteiger partial charge is 0.376 e. The van der Waals surface area contributed by atoms with E-state index in [0.29, 0.717) is 41.3 Å². The number of rotatable bonds is 6. The van der Waals surface area contributed by atoms with Gasteiger partial charge in [0.15, 0.2) is 0 Å². The van der Waals surface area contributed by atoms with Gasteiger partial charge in [0.25, 0.3) is 0 Å². The summed E-state index contributed by atoms with van der Waals surface area (Å²) in [6.07, 6.45) is -2.10. The van der Waals surface area contributed by atoms with Gasteiger partial charge in [-0.15, -0.1) is 0 Å². The van der Waals surface area contributed by atoms with E-state index in [1.54, 1.807) is 18.2 Å². The van der Waals surface area contributed by atoms with E-state index in [4.69, 9.17) is 14.7 Å². The van der Waals surface area contributed by atoms with E-state index in [1.807, 2.05) is 19.1 Å². The number of aryl methyl sites for hydroxylation is 1. The standard InChI is InChI=1S/C28H28F3N5O/c1-3-19-6-9-21(10-7-19)33-27-22-11-8-20(26-23(28(29,30)31)5-4-12-32-26)15-24(22)34-25(35-27)17-36-13-14-37-18(2)16-36/h4-12,15,18H,3,13-14,16-17H2,1-2H3,(H,33,34,35)/t18-/m0/s1. The summed E-state index contributed by atoms with van der Waals surface area (Å²) in [7, 11) is 0. The van der Waals surface area contributed by atoms with E-state index >= 15 is 0 Å². The highest BCUT2D eigenvalue weighted by Crippen LogP contribution is 2.37. The second kappa shape index (κ2) is 10.4. The van der Waals surface area contributed by atoms with Crippen LogP contribution in [0.3, 0.4) is 0 Å². The van der Waals surface area contributed by atoms with Gasteiger partial charge in [-0.3, -0.25) is 9.88 Å². The number of nitrogens with zero attached hydrogens (tertiary/aromatic N) is 4. The number of alkyl halides is 3. The Morgan fingerprint density at radius 3 is 2.62 bits per heavy atom. The van der Waals surface area contributed by atoms with Crippen LogP contribution in [0.1, 0.15) is 30.8 Å². The lowest BCUT2D eigenvalue weighted by Gasteiger charge is -2.30. The van der Waals surface area contributed by atoms with Crippen LogP contribution in [0, 0.1) is 0 Å². The van der Waals surface area contributed by atoms with E-state index in [9.17, 15) is 13.2 Å².